The standard InChI is InChI=1S/C13H20N2O/c1-13(2)9-11(15-8-7-14)10-5-3-4-6-12(10)16-13/h3-6,11,15H,7-9,14H2,1-2H3. The summed E-state index contributed by atoms with van der Waals surface area (Å²) in [7, 11) is 0. The van der Waals surface area contributed by atoms with E-state index in [1.165, 1.54) is 5.56 Å². The number of hydrogen-bond donors (Lipinski definition) is 2. The molecular formula is C13H20N2O. The minimum Gasteiger partial charge on any atom is -0.487 e. The van der Waals surface area contributed by atoms with Crippen molar-refractivity contribution in [3.63, 3.8) is 0 Å². The van der Waals surface area contributed by atoms with Crippen molar-refractivity contribution in [2.24, 2.45) is 5.73 Å². The molecule has 0 fully saturated rings. The highest BCUT2D eigenvalue weighted by Crippen LogP contribution is 2.38. The summed E-state index contributed by atoms with van der Waals surface area (Å²) >= 11 is 0. The Morgan fingerprint density at radius 3 is 2.94 bits per heavy atom. The third-order valence-corrected chi connectivity index (χ3v) is 2.91. The number of para-hydroxylation sites is 1. The van der Waals surface area contributed by atoms with Crippen molar-refractivity contribution in [2.75, 3.05) is 13.1 Å². The first-order chi connectivity index (χ1) is 7.62. The maximum atomic E-state index is 5.96. The molecule has 1 aliphatic rings. The van der Waals surface area contributed by atoms with E-state index in [9.17, 15) is 0 Å². The number of ether oxygens (including phenoxy) is 1. The lowest BCUT2D eigenvalue weighted by atomic mass is 9.90. The lowest BCUT2D eigenvalue weighted by molar-refractivity contribution is 0.0663. The summed E-state index contributed by atoms with van der Waals surface area (Å²) < 4.78 is 5.96. The van der Waals surface area contributed by atoms with Crippen molar-refractivity contribution < 1.29 is 4.74 Å². The van der Waals surface area contributed by atoms with Gasteiger partial charge in [0, 0.05) is 31.1 Å². The zero-order valence-electron chi connectivity index (χ0n) is 9.99. The average molecular weight is 220 g/mol. The van der Waals surface area contributed by atoms with Gasteiger partial charge in [-0.05, 0) is 19.9 Å². The predicted molar refractivity (Wildman–Crippen MR) is 65.6 cm³/mol. The molecule has 1 aliphatic heterocycles. The summed E-state index contributed by atoms with van der Waals surface area (Å²) in [6, 6.07) is 8.58. The van der Waals surface area contributed by atoms with Gasteiger partial charge in [0.25, 0.3) is 0 Å². The highest BCUT2D eigenvalue weighted by atomic mass is 16.5. The van der Waals surface area contributed by atoms with Crippen molar-refractivity contribution in [3.05, 3.63) is 29.8 Å². The second-order valence-corrected chi connectivity index (χ2v) is 4.90. The Hall–Kier alpha value is -1.06. The highest BCUT2D eigenvalue weighted by Gasteiger charge is 2.32. The fourth-order valence-electron chi connectivity index (χ4n) is 2.24. The Labute approximate surface area is 97.0 Å². The minimum atomic E-state index is -0.110. The molecule has 1 heterocycles. The average Bonchev–Trinajstić information content (AvgIpc) is 2.24. The van der Waals surface area contributed by atoms with Crippen LogP contribution in [0, 0.1) is 0 Å². The molecule has 0 saturated heterocycles. The first-order valence-corrected chi connectivity index (χ1v) is 5.84. The molecule has 0 radical (unpaired) electrons. The van der Waals surface area contributed by atoms with Crippen LogP contribution in [0.15, 0.2) is 24.3 Å². The Kier molecular flexibility index (Phi) is 3.17. The van der Waals surface area contributed by atoms with E-state index in [0.29, 0.717) is 12.6 Å². The van der Waals surface area contributed by atoms with Gasteiger partial charge in [-0.15, -0.1) is 0 Å². The molecule has 2 rings (SSSR count). The lowest BCUT2D eigenvalue weighted by Gasteiger charge is -2.38. The van der Waals surface area contributed by atoms with Crippen LogP contribution >= 0.6 is 0 Å². The Balaban J connectivity index is 2.25. The molecule has 0 spiro atoms. The first kappa shape index (κ1) is 11.4. The largest absolute Gasteiger partial charge is 0.487 e. The minimum absolute atomic E-state index is 0.110. The van der Waals surface area contributed by atoms with Crippen molar-refractivity contribution in [2.45, 2.75) is 31.9 Å². The normalized spacial score (nSPS) is 22.3. The predicted octanol–water partition coefficient (Wildman–Crippen LogP) is 1.84. The van der Waals surface area contributed by atoms with Gasteiger partial charge in [0.2, 0.25) is 0 Å². The number of rotatable bonds is 3. The Bertz CT molecular complexity index is 363. The van der Waals surface area contributed by atoms with Crippen LogP contribution in [0.5, 0.6) is 5.75 Å². The van der Waals surface area contributed by atoms with E-state index >= 15 is 0 Å². The van der Waals surface area contributed by atoms with Crippen LogP contribution in [-0.2, 0) is 0 Å². The smallest absolute Gasteiger partial charge is 0.124 e. The van der Waals surface area contributed by atoms with Gasteiger partial charge >= 0.3 is 0 Å². The van der Waals surface area contributed by atoms with Gasteiger partial charge in [0.05, 0.1) is 0 Å². The topological polar surface area (TPSA) is 47.3 Å². The molecule has 1 unspecified atom stereocenters. The monoisotopic (exact) mass is 220 g/mol. The van der Waals surface area contributed by atoms with Crippen LogP contribution in [0.3, 0.4) is 0 Å². The first-order valence-electron chi connectivity index (χ1n) is 5.84. The molecule has 1 aromatic rings. The van der Waals surface area contributed by atoms with Gasteiger partial charge in [-0.3, -0.25) is 0 Å². The molecule has 0 aliphatic carbocycles. The summed E-state index contributed by atoms with van der Waals surface area (Å²) in [5.74, 6) is 0.994. The van der Waals surface area contributed by atoms with Crippen LogP contribution in [0.2, 0.25) is 0 Å². The highest BCUT2D eigenvalue weighted by molar-refractivity contribution is 5.38. The summed E-state index contributed by atoms with van der Waals surface area (Å²) in [5, 5.41) is 3.48. The molecule has 1 atom stereocenters. The summed E-state index contributed by atoms with van der Waals surface area (Å²) in [6.45, 7) is 5.76. The van der Waals surface area contributed by atoms with Crippen molar-refractivity contribution in [3.8, 4) is 5.75 Å². The van der Waals surface area contributed by atoms with Crippen LogP contribution in [-0.4, -0.2) is 18.7 Å². The van der Waals surface area contributed by atoms with Crippen LogP contribution < -0.4 is 15.8 Å². The quantitative estimate of drug-likeness (QED) is 0.817. The van der Waals surface area contributed by atoms with Crippen LogP contribution in [0.4, 0.5) is 0 Å². The fraction of sp³-hybridized carbons (Fsp3) is 0.538. The zero-order valence-corrected chi connectivity index (χ0v) is 9.99. The van der Waals surface area contributed by atoms with Crippen molar-refractivity contribution >= 4 is 0 Å². The van der Waals surface area contributed by atoms with E-state index in [1.54, 1.807) is 0 Å². The Morgan fingerprint density at radius 1 is 1.44 bits per heavy atom. The molecule has 0 aromatic heterocycles. The molecule has 88 valence electrons. The number of hydrogen-bond acceptors (Lipinski definition) is 3. The molecule has 3 N–H and O–H groups in total. The van der Waals surface area contributed by atoms with Crippen LogP contribution in [0.1, 0.15) is 31.9 Å². The summed E-state index contributed by atoms with van der Waals surface area (Å²) in [4.78, 5) is 0. The fourth-order valence-corrected chi connectivity index (χ4v) is 2.24. The third-order valence-electron chi connectivity index (χ3n) is 2.91. The maximum Gasteiger partial charge on any atom is 0.124 e. The van der Waals surface area contributed by atoms with E-state index in [1.807, 2.05) is 12.1 Å². The van der Waals surface area contributed by atoms with Gasteiger partial charge in [-0.2, -0.15) is 0 Å². The molecule has 0 bridgehead atoms. The van der Waals surface area contributed by atoms with Gasteiger partial charge in [0.1, 0.15) is 11.4 Å². The summed E-state index contributed by atoms with van der Waals surface area (Å²) in [6.07, 6.45) is 0.976. The van der Waals surface area contributed by atoms with Gasteiger partial charge in [-0.25, -0.2) is 0 Å². The molecule has 0 amide bonds. The molecular weight excluding hydrogens is 200 g/mol. The SMILES string of the molecule is CC1(C)CC(NCCN)c2ccccc2O1. The van der Waals surface area contributed by atoms with E-state index in [2.05, 4.69) is 31.3 Å². The molecule has 16 heavy (non-hydrogen) atoms. The van der Waals surface area contributed by atoms with Gasteiger partial charge in [-0.1, -0.05) is 18.2 Å². The third kappa shape index (κ3) is 2.36. The van der Waals surface area contributed by atoms with Gasteiger partial charge in [0.15, 0.2) is 0 Å². The number of nitrogens with one attached hydrogen (secondary N) is 1. The zero-order chi connectivity index (χ0) is 11.6. The second-order valence-electron chi connectivity index (χ2n) is 4.90. The lowest BCUT2D eigenvalue weighted by Crippen LogP contribution is -2.40. The maximum absolute atomic E-state index is 5.96. The van der Waals surface area contributed by atoms with E-state index < -0.39 is 0 Å². The van der Waals surface area contributed by atoms with Gasteiger partial charge < -0.3 is 15.8 Å². The van der Waals surface area contributed by atoms with E-state index in [4.69, 9.17) is 10.5 Å². The molecule has 3 heteroatoms. The number of fused-ring (bicyclic) bond motifs is 1. The van der Waals surface area contributed by atoms with Crippen LogP contribution in [0.25, 0.3) is 0 Å². The van der Waals surface area contributed by atoms with E-state index in [-0.39, 0.29) is 5.60 Å². The second kappa shape index (κ2) is 4.44. The summed E-state index contributed by atoms with van der Waals surface area (Å²) in [5.41, 5.74) is 6.67. The molecule has 3 nitrogen and oxygen atoms in total. The molecule has 0 saturated carbocycles. The Morgan fingerprint density at radius 2 is 2.19 bits per heavy atom. The van der Waals surface area contributed by atoms with Crippen molar-refractivity contribution in [1.29, 1.82) is 0 Å². The number of benzene rings is 1. The van der Waals surface area contributed by atoms with E-state index in [0.717, 1.165) is 18.7 Å². The molecule has 1 aromatic carbocycles. The van der Waals surface area contributed by atoms with Crippen molar-refractivity contribution in [1.82, 2.24) is 5.32 Å². The number of nitrogens with two attached hydrogens (primary N) is 1.